The maximum absolute atomic E-state index is 12.8. The number of nitrogens with zero attached hydrogens (tertiary/aromatic N) is 3. The maximum Gasteiger partial charge on any atom is 0.256 e. The van der Waals surface area contributed by atoms with Crippen molar-refractivity contribution < 1.29 is 4.79 Å². The van der Waals surface area contributed by atoms with E-state index in [0.717, 1.165) is 15.6 Å². The normalized spacial score (nSPS) is 11.2. The number of hydrogen-bond acceptors (Lipinski definition) is 3. The Morgan fingerprint density at radius 3 is 2.75 bits per heavy atom. The number of anilines is 1. The standard InChI is InChI=1S/C17H16BrClN4O/c1-9(2)23-16-13(8-20-23)12(6-10(3)21-16)17(24)22-15-5-4-11(18)7-14(15)19/h4-9H,1-3H3,(H,22,24). The highest BCUT2D eigenvalue weighted by Crippen LogP contribution is 2.27. The molecule has 2 heterocycles. The van der Waals surface area contributed by atoms with Crippen molar-refractivity contribution in [3.05, 3.63) is 51.2 Å². The first-order valence-electron chi connectivity index (χ1n) is 7.48. The van der Waals surface area contributed by atoms with Gasteiger partial charge < -0.3 is 5.32 Å². The summed E-state index contributed by atoms with van der Waals surface area (Å²) in [6.45, 7) is 5.91. The SMILES string of the molecule is Cc1cc(C(=O)Nc2ccc(Br)cc2Cl)c2cnn(C(C)C)c2n1. The van der Waals surface area contributed by atoms with Gasteiger partial charge >= 0.3 is 0 Å². The predicted octanol–water partition coefficient (Wildman–Crippen LogP) is 4.99. The van der Waals surface area contributed by atoms with Crippen molar-refractivity contribution in [2.45, 2.75) is 26.8 Å². The van der Waals surface area contributed by atoms with Crippen molar-refractivity contribution in [1.29, 1.82) is 0 Å². The van der Waals surface area contributed by atoms with E-state index in [1.54, 1.807) is 24.4 Å². The molecule has 1 aromatic carbocycles. The molecule has 5 nitrogen and oxygen atoms in total. The van der Waals surface area contributed by atoms with Crippen molar-refractivity contribution in [1.82, 2.24) is 14.8 Å². The Morgan fingerprint density at radius 2 is 2.08 bits per heavy atom. The van der Waals surface area contributed by atoms with Gasteiger partial charge in [-0.05, 0) is 45.0 Å². The summed E-state index contributed by atoms with van der Waals surface area (Å²) in [5.74, 6) is -0.238. The topological polar surface area (TPSA) is 59.8 Å². The van der Waals surface area contributed by atoms with Gasteiger partial charge in [-0.15, -0.1) is 0 Å². The number of aromatic nitrogens is 3. The number of amides is 1. The third kappa shape index (κ3) is 3.16. The lowest BCUT2D eigenvalue weighted by molar-refractivity contribution is 0.102. The zero-order valence-corrected chi connectivity index (χ0v) is 15.8. The van der Waals surface area contributed by atoms with Crippen molar-refractivity contribution in [3.8, 4) is 0 Å². The monoisotopic (exact) mass is 406 g/mol. The molecule has 0 unspecified atom stereocenters. The molecule has 0 spiro atoms. The number of aryl methyl sites for hydroxylation is 1. The zero-order valence-electron chi connectivity index (χ0n) is 13.5. The fourth-order valence-electron chi connectivity index (χ4n) is 2.49. The lowest BCUT2D eigenvalue weighted by atomic mass is 10.1. The van der Waals surface area contributed by atoms with E-state index in [-0.39, 0.29) is 11.9 Å². The van der Waals surface area contributed by atoms with Crippen LogP contribution in [0.2, 0.25) is 5.02 Å². The first-order chi connectivity index (χ1) is 11.4. The molecule has 0 aliphatic rings. The molecule has 3 aromatic rings. The van der Waals surface area contributed by atoms with Gasteiger partial charge in [0, 0.05) is 16.2 Å². The average Bonchev–Trinajstić information content (AvgIpc) is 2.92. The first kappa shape index (κ1) is 16.9. The van der Waals surface area contributed by atoms with Gasteiger partial charge in [0.25, 0.3) is 5.91 Å². The largest absolute Gasteiger partial charge is 0.321 e. The van der Waals surface area contributed by atoms with Crippen LogP contribution in [0.3, 0.4) is 0 Å². The molecule has 0 saturated carbocycles. The molecule has 0 aliphatic heterocycles. The molecule has 7 heteroatoms. The van der Waals surface area contributed by atoms with Crippen LogP contribution in [-0.2, 0) is 0 Å². The zero-order chi connectivity index (χ0) is 17.4. The van der Waals surface area contributed by atoms with Crippen LogP contribution in [0, 0.1) is 6.92 Å². The van der Waals surface area contributed by atoms with Gasteiger partial charge in [-0.3, -0.25) is 4.79 Å². The van der Waals surface area contributed by atoms with E-state index in [9.17, 15) is 4.79 Å². The van der Waals surface area contributed by atoms with E-state index < -0.39 is 0 Å². The summed E-state index contributed by atoms with van der Waals surface area (Å²) in [6.07, 6.45) is 1.68. The minimum absolute atomic E-state index is 0.161. The highest BCUT2D eigenvalue weighted by Gasteiger charge is 2.17. The molecule has 0 fully saturated rings. The Kier molecular flexibility index (Phi) is 4.60. The third-order valence-electron chi connectivity index (χ3n) is 3.61. The number of hydrogen-bond donors (Lipinski definition) is 1. The lowest BCUT2D eigenvalue weighted by Gasteiger charge is -2.10. The lowest BCUT2D eigenvalue weighted by Crippen LogP contribution is -2.13. The van der Waals surface area contributed by atoms with E-state index in [1.165, 1.54) is 0 Å². The smallest absolute Gasteiger partial charge is 0.256 e. The number of halogens is 2. The van der Waals surface area contributed by atoms with E-state index >= 15 is 0 Å². The number of benzene rings is 1. The van der Waals surface area contributed by atoms with Gasteiger partial charge in [0.2, 0.25) is 0 Å². The third-order valence-corrected chi connectivity index (χ3v) is 4.41. The molecule has 2 aromatic heterocycles. The highest BCUT2D eigenvalue weighted by molar-refractivity contribution is 9.10. The van der Waals surface area contributed by atoms with E-state index in [4.69, 9.17) is 11.6 Å². The number of pyridine rings is 1. The summed E-state index contributed by atoms with van der Waals surface area (Å²) in [5, 5.41) is 8.40. The van der Waals surface area contributed by atoms with Crippen molar-refractivity contribution >= 4 is 50.2 Å². The van der Waals surface area contributed by atoms with Crippen LogP contribution in [-0.4, -0.2) is 20.7 Å². The van der Waals surface area contributed by atoms with Crippen molar-refractivity contribution in [2.24, 2.45) is 0 Å². The van der Waals surface area contributed by atoms with Crippen LogP contribution in [0.1, 0.15) is 35.9 Å². The molecule has 1 amide bonds. The molecule has 3 rings (SSSR count). The summed E-state index contributed by atoms with van der Waals surface area (Å²) < 4.78 is 2.66. The number of fused-ring (bicyclic) bond motifs is 1. The molecular weight excluding hydrogens is 392 g/mol. The van der Waals surface area contributed by atoms with Gasteiger partial charge in [-0.1, -0.05) is 27.5 Å². The molecular formula is C17H16BrClN4O. The van der Waals surface area contributed by atoms with Crippen LogP contribution < -0.4 is 5.32 Å². The fourth-order valence-corrected chi connectivity index (χ4v) is 3.21. The van der Waals surface area contributed by atoms with E-state index in [1.807, 2.05) is 31.5 Å². The van der Waals surface area contributed by atoms with Crippen LogP contribution in [0.5, 0.6) is 0 Å². The molecule has 0 bridgehead atoms. The van der Waals surface area contributed by atoms with Gasteiger partial charge in [0.1, 0.15) is 0 Å². The van der Waals surface area contributed by atoms with Crippen LogP contribution in [0.4, 0.5) is 5.69 Å². The second kappa shape index (κ2) is 6.53. The summed E-state index contributed by atoms with van der Waals surface area (Å²) in [5.41, 5.74) is 2.56. The summed E-state index contributed by atoms with van der Waals surface area (Å²) in [6, 6.07) is 7.24. The minimum atomic E-state index is -0.238. The number of carbonyl (C=O) groups excluding carboxylic acids is 1. The number of carbonyl (C=O) groups is 1. The Balaban J connectivity index is 2.03. The van der Waals surface area contributed by atoms with E-state index in [0.29, 0.717) is 21.9 Å². The number of nitrogens with one attached hydrogen (secondary N) is 1. The Hall–Kier alpha value is -1.92. The van der Waals surface area contributed by atoms with Crippen LogP contribution in [0.15, 0.2) is 34.9 Å². The van der Waals surface area contributed by atoms with Gasteiger partial charge in [-0.2, -0.15) is 5.10 Å². The fraction of sp³-hybridized carbons (Fsp3) is 0.235. The Morgan fingerprint density at radius 1 is 1.33 bits per heavy atom. The van der Waals surface area contributed by atoms with Gasteiger partial charge in [0.15, 0.2) is 5.65 Å². The Bertz CT molecular complexity index is 936. The molecule has 0 atom stereocenters. The molecule has 1 N–H and O–H groups in total. The summed E-state index contributed by atoms with van der Waals surface area (Å²) >= 11 is 9.53. The number of rotatable bonds is 3. The van der Waals surface area contributed by atoms with Crippen LogP contribution >= 0.6 is 27.5 Å². The quantitative estimate of drug-likeness (QED) is 0.665. The second-order valence-corrected chi connectivity index (χ2v) is 7.13. The van der Waals surface area contributed by atoms with Gasteiger partial charge in [-0.25, -0.2) is 9.67 Å². The van der Waals surface area contributed by atoms with Gasteiger partial charge in [0.05, 0.1) is 27.9 Å². The predicted molar refractivity (Wildman–Crippen MR) is 99.8 cm³/mol. The Labute approximate surface area is 153 Å². The molecule has 24 heavy (non-hydrogen) atoms. The maximum atomic E-state index is 12.8. The van der Waals surface area contributed by atoms with Crippen molar-refractivity contribution in [2.75, 3.05) is 5.32 Å². The van der Waals surface area contributed by atoms with Crippen LogP contribution in [0.25, 0.3) is 11.0 Å². The molecule has 0 aliphatic carbocycles. The second-order valence-electron chi connectivity index (χ2n) is 5.81. The summed E-state index contributed by atoms with van der Waals surface area (Å²) in [4.78, 5) is 17.3. The van der Waals surface area contributed by atoms with E-state index in [2.05, 4.69) is 31.3 Å². The summed E-state index contributed by atoms with van der Waals surface area (Å²) in [7, 11) is 0. The molecule has 124 valence electrons. The molecule has 0 radical (unpaired) electrons. The van der Waals surface area contributed by atoms with Crippen molar-refractivity contribution in [3.63, 3.8) is 0 Å². The average molecular weight is 408 g/mol. The minimum Gasteiger partial charge on any atom is -0.321 e. The first-order valence-corrected chi connectivity index (χ1v) is 8.65. The molecule has 0 saturated heterocycles. The highest BCUT2D eigenvalue weighted by atomic mass is 79.9.